The van der Waals surface area contributed by atoms with Gasteiger partial charge in [-0.1, -0.05) is 18.2 Å². The number of carbonyl (C=O) groups excluding carboxylic acids is 1. The average Bonchev–Trinajstić information content (AvgIpc) is 3.12. The van der Waals surface area contributed by atoms with Crippen LogP contribution in [0.2, 0.25) is 0 Å². The smallest absolute Gasteiger partial charge is 0.248 e. The molecule has 0 atom stereocenters. The summed E-state index contributed by atoms with van der Waals surface area (Å²) in [6.07, 6.45) is 6.60. The third-order valence-corrected chi connectivity index (χ3v) is 3.97. The Morgan fingerprint density at radius 3 is 2.48 bits per heavy atom. The van der Waals surface area contributed by atoms with E-state index in [2.05, 4.69) is 25.6 Å². The predicted octanol–water partition coefficient (Wildman–Crippen LogP) is 3.37. The van der Waals surface area contributed by atoms with Crippen LogP contribution in [0.1, 0.15) is 6.92 Å². The highest BCUT2D eigenvalue weighted by atomic mass is 16.1. The fourth-order valence-electron chi connectivity index (χ4n) is 2.68. The standard InChI is InChI=1S/C20H16N6O/c1-2-3-19(27)22-16-6-4-14(5-7-16)17-8-9-18-23-24-20(26(18)25-17)15-10-12-21-13-11-15/h2-13H,1H3,(H,22,27)/b3-2+. The molecule has 0 unspecified atom stereocenters. The summed E-state index contributed by atoms with van der Waals surface area (Å²) in [6, 6.07) is 15.0. The van der Waals surface area contributed by atoms with Gasteiger partial charge >= 0.3 is 0 Å². The number of hydrogen-bond donors (Lipinski definition) is 1. The van der Waals surface area contributed by atoms with Gasteiger partial charge in [0.1, 0.15) is 0 Å². The van der Waals surface area contributed by atoms with E-state index in [0.29, 0.717) is 11.5 Å². The number of nitrogens with one attached hydrogen (secondary N) is 1. The number of allylic oxidation sites excluding steroid dienone is 1. The van der Waals surface area contributed by atoms with Gasteiger partial charge in [0.05, 0.1) is 5.69 Å². The van der Waals surface area contributed by atoms with Crippen molar-refractivity contribution in [3.05, 3.63) is 73.1 Å². The monoisotopic (exact) mass is 356 g/mol. The number of fused-ring (bicyclic) bond motifs is 1. The second-order valence-electron chi connectivity index (χ2n) is 5.81. The Hall–Kier alpha value is -3.87. The summed E-state index contributed by atoms with van der Waals surface area (Å²) in [7, 11) is 0. The molecular weight excluding hydrogens is 340 g/mol. The highest BCUT2D eigenvalue weighted by molar-refractivity contribution is 5.99. The molecule has 0 aliphatic heterocycles. The zero-order chi connectivity index (χ0) is 18.6. The number of rotatable bonds is 4. The zero-order valence-electron chi connectivity index (χ0n) is 14.6. The van der Waals surface area contributed by atoms with Gasteiger partial charge < -0.3 is 5.32 Å². The SMILES string of the molecule is C/C=C/C(=O)Nc1ccc(-c2ccc3nnc(-c4ccncc4)n3n2)cc1. The van der Waals surface area contributed by atoms with Crippen molar-refractivity contribution in [2.75, 3.05) is 5.32 Å². The third kappa shape index (κ3) is 3.43. The van der Waals surface area contributed by atoms with Gasteiger partial charge in [-0.15, -0.1) is 10.2 Å². The molecule has 0 saturated carbocycles. The van der Waals surface area contributed by atoms with Crippen LogP contribution in [0.25, 0.3) is 28.3 Å². The lowest BCUT2D eigenvalue weighted by Gasteiger charge is -2.06. The number of amides is 1. The van der Waals surface area contributed by atoms with E-state index in [4.69, 9.17) is 0 Å². The second-order valence-corrected chi connectivity index (χ2v) is 5.81. The Morgan fingerprint density at radius 2 is 1.74 bits per heavy atom. The minimum absolute atomic E-state index is 0.156. The van der Waals surface area contributed by atoms with E-state index in [0.717, 1.165) is 22.5 Å². The van der Waals surface area contributed by atoms with Gasteiger partial charge in [-0.05, 0) is 49.4 Å². The molecule has 132 valence electrons. The molecule has 0 aliphatic carbocycles. The fraction of sp³-hybridized carbons (Fsp3) is 0.0500. The molecular formula is C20H16N6O. The maximum Gasteiger partial charge on any atom is 0.248 e. The number of anilines is 1. The minimum Gasteiger partial charge on any atom is -0.323 e. The Balaban J connectivity index is 1.67. The van der Waals surface area contributed by atoms with Crippen LogP contribution >= 0.6 is 0 Å². The molecule has 7 heteroatoms. The normalized spacial score (nSPS) is 11.1. The van der Waals surface area contributed by atoms with Crippen LogP contribution in [-0.2, 0) is 4.79 Å². The van der Waals surface area contributed by atoms with Crippen molar-refractivity contribution in [2.24, 2.45) is 0 Å². The summed E-state index contributed by atoms with van der Waals surface area (Å²) in [5.74, 6) is 0.501. The zero-order valence-corrected chi connectivity index (χ0v) is 14.6. The van der Waals surface area contributed by atoms with Gasteiger partial charge in [0.25, 0.3) is 0 Å². The van der Waals surface area contributed by atoms with Gasteiger partial charge in [-0.2, -0.15) is 9.61 Å². The van der Waals surface area contributed by atoms with E-state index >= 15 is 0 Å². The van der Waals surface area contributed by atoms with Crippen molar-refractivity contribution in [3.8, 4) is 22.6 Å². The first-order chi connectivity index (χ1) is 13.2. The summed E-state index contributed by atoms with van der Waals surface area (Å²) in [5.41, 5.74) is 3.99. The molecule has 3 heterocycles. The molecule has 4 rings (SSSR count). The maximum absolute atomic E-state index is 11.6. The van der Waals surface area contributed by atoms with Crippen molar-refractivity contribution < 1.29 is 4.79 Å². The van der Waals surface area contributed by atoms with Crippen molar-refractivity contribution in [3.63, 3.8) is 0 Å². The van der Waals surface area contributed by atoms with Crippen LogP contribution in [-0.4, -0.2) is 30.7 Å². The molecule has 1 amide bonds. The van der Waals surface area contributed by atoms with Crippen LogP contribution < -0.4 is 5.32 Å². The van der Waals surface area contributed by atoms with Gasteiger partial charge in [-0.25, -0.2) is 0 Å². The molecule has 27 heavy (non-hydrogen) atoms. The van der Waals surface area contributed by atoms with E-state index in [-0.39, 0.29) is 5.91 Å². The summed E-state index contributed by atoms with van der Waals surface area (Å²) < 4.78 is 1.71. The molecule has 0 saturated heterocycles. The Kier molecular flexibility index (Phi) is 4.40. The van der Waals surface area contributed by atoms with Crippen LogP contribution in [0.4, 0.5) is 5.69 Å². The maximum atomic E-state index is 11.6. The Labute approximate surface area is 155 Å². The lowest BCUT2D eigenvalue weighted by molar-refractivity contribution is -0.111. The lowest BCUT2D eigenvalue weighted by atomic mass is 10.1. The molecule has 0 fully saturated rings. The Morgan fingerprint density at radius 1 is 0.963 bits per heavy atom. The molecule has 0 spiro atoms. The van der Waals surface area contributed by atoms with E-state index < -0.39 is 0 Å². The van der Waals surface area contributed by atoms with Crippen molar-refractivity contribution in [1.82, 2.24) is 24.8 Å². The lowest BCUT2D eigenvalue weighted by Crippen LogP contribution is -2.07. The molecule has 4 aromatic rings. The molecule has 0 aliphatic rings. The summed E-state index contributed by atoms with van der Waals surface area (Å²) in [6.45, 7) is 1.80. The molecule has 1 N–H and O–H groups in total. The fourth-order valence-corrected chi connectivity index (χ4v) is 2.68. The topological polar surface area (TPSA) is 85.1 Å². The predicted molar refractivity (Wildman–Crippen MR) is 103 cm³/mol. The molecule has 0 bridgehead atoms. The highest BCUT2D eigenvalue weighted by Crippen LogP contribution is 2.22. The number of hydrogen-bond acceptors (Lipinski definition) is 5. The largest absolute Gasteiger partial charge is 0.323 e. The third-order valence-electron chi connectivity index (χ3n) is 3.97. The highest BCUT2D eigenvalue weighted by Gasteiger charge is 2.10. The van der Waals surface area contributed by atoms with Crippen molar-refractivity contribution in [2.45, 2.75) is 6.92 Å². The van der Waals surface area contributed by atoms with Crippen LogP contribution in [0, 0.1) is 0 Å². The number of nitrogens with zero attached hydrogens (tertiary/aromatic N) is 5. The summed E-state index contributed by atoms with van der Waals surface area (Å²) >= 11 is 0. The number of aromatic nitrogens is 5. The van der Waals surface area contributed by atoms with E-state index in [1.54, 1.807) is 29.9 Å². The number of carbonyl (C=O) groups is 1. The van der Waals surface area contributed by atoms with E-state index in [1.165, 1.54) is 6.08 Å². The first-order valence-corrected chi connectivity index (χ1v) is 8.41. The Bertz CT molecular complexity index is 1120. The molecule has 0 radical (unpaired) electrons. The van der Waals surface area contributed by atoms with Crippen LogP contribution in [0.15, 0.2) is 73.1 Å². The van der Waals surface area contributed by atoms with Crippen molar-refractivity contribution in [1.29, 1.82) is 0 Å². The summed E-state index contributed by atoms with van der Waals surface area (Å²) in [4.78, 5) is 15.7. The number of pyridine rings is 1. The minimum atomic E-state index is -0.156. The van der Waals surface area contributed by atoms with Crippen molar-refractivity contribution >= 4 is 17.2 Å². The number of benzene rings is 1. The van der Waals surface area contributed by atoms with E-state index in [1.807, 2.05) is 48.5 Å². The van der Waals surface area contributed by atoms with Gasteiger partial charge in [-0.3, -0.25) is 9.78 Å². The van der Waals surface area contributed by atoms with E-state index in [9.17, 15) is 4.79 Å². The average molecular weight is 356 g/mol. The molecule has 1 aromatic carbocycles. The van der Waals surface area contributed by atoms with Gasteiger partial charge in [0.15, 0.2) is 11.5 Å². The van der Waals surface area contributed by atoms with Gasteiger partial charge in [0, 0.05) is 29.2 Å². The molecule has 3 aromatic heterocycles. The van der Waals surface area contributed by atoms with Crippen LogP contribution in [0.5, 0.6) is 0 Å². The second kappa shape index (κ2) is 7.17. The quantitative estimate of drug-likeness (QED) is 0.567. The van der Waals surface area contributed by atoms with Crippen LogP contribution in [0.3, 0.4) is 0 Å². The summed E-state index contributed by atoms with van der Waals surface area (Å²) in [5, 5.41) is 15.9. The first-order valence-electron chi connectivity index (χ1n) is 8.41. The molecule has 7 nitrogen and oxygen atoms in total. The van der Waals surface area contributed by atoms with Gasteiger partial charge in [0.2, 0.25) is 5.91 Å². The first kappa shape index (κ1) is 16.6.